The predicted octanol–water partition coefficient (Wildman–Crippen LogP) is 2.22. The maximum Gasteiger partial charge on any atom is 0.274 e. The van der Waals surface area contributed by atoms with Crippen molar-refractivity contribution in [3.63, 3.8) is 0 Å². The van der Waals surface area contributed by atoms with Crippen LogP contribution in [0.5, 0.6) is 0 Å². The highest BCUT2D eigenvalue weighted by molar-refractivity contribution is 8.01. The highest BCUT2D eigenvalue weighted by atomic mass is 32.2. The number of aryl methyl sites for hydroxylation is 1. The Morgan fingerprint density at radius 2 is 2.18 bits per heavy atom. The summed E-state index contributed by atoms with van der Waals surface area (Å²) in [4.78, 5) is 27.2. The van der Waals surface area contributed by atoms with Gasteiger partial charge in [0, 0.05) is 24.1 Å². The highest BCUT2D eigenvalue weighted by Gasteiger charge is 2.44. The first-order valence-corrected chi connectivity index (χ1v) is 8.39. The minimum atomic E-state index is -0.502. The van der Waals surface area contributed by atoms with E-state index in [4.69, 9.17) is 5.21 Å². The van der Waals surface area contributed by atoms with Gasteiger partial charge in [-0.15, -0.1) is 11.8 Å². The monoisotopic (exact) mass is 320 g/mol. The average Bonchev–Trinajstić information content (AvgIpc) is 2.68. The van der Waals surface area contributed by atoms with Gasteiger partial charge in [0.2, 0.25) is 5.91 Å². The zero-order valence-electron chi connectivity index (χ0n) is 12.6. The van der Waals surface area contributed by atoms with E-state index in [9.17, 15) is 9.59 Å². The molecule has 1 aromatic rings. The Kier molecular flexibility index (Phi) is 4.14. The molecule has 1 atom stereocenters. The number of fused-ring (bicyclic) bond motifs is 1. The van der Waals surface area contributed by atoms with Crippen LogP contribution in [0.3, 0.4) is 0 Å². The van der Waals surface area contributed by atoms with E-state index in [1.165, 1.54) is 0 Å². The minimum absolute atomic E-state index is 0.234. The van der Waals surface area contributed by atoms with E-state index in [2.05, 4.69) is 0 Å². The van der Waals surface area contributed by atoms with Crippen molar-refractivity contribution in [1.29, 1.82) is 0 Å². The molecule has 0 saturated carbocycles. The second kappa shape index (κ2) is 5.93. The van der Waals surface area contributed by atoms with Crippen molar-refractivity contribution in [3.8, 4) is 0 Å². The summed E-state index contributed by atoms with van der Waals surface area (Å²) in [5, 5.41) is 8.73. The second-order valence-electron chi connectivity index (χ2n) is 6.04. The molecule has 2 amide bonds. The Balaban J connectivity index is 1.90. The van der Waals surface area contributed by atoms with Crippen molar-refractivity contribution in [2.45, 2.75) is 41.7 Å². The molecule has 5 nitrogen and oxygen atoms in total. The fourth-order valence-electron chi connectivity index (χ4n) is 3.32. The number of hydroxylamine groups is 1. The summed E-state index contributed by atoms with van der Waals surface area (Å²) in [7, 11) is 1.89. The van der Waals surface area contributed by atoms with Gasteiger partial charge in [-0.3, -0.25) is 14.8 Å². The molecule has 3 rings (SSSR count). The van der Waals surface area contributed by atoms with Crippen LogP contribution in [0.1, 0.15) is 41.6 Å². The molecule has 6 heteroatoms. The van der Waals surface area contributed by atoms with Crippen LogP contribution in [0.15, 0.2) is 23.1 Å². The number of benzene rings is 1. The van der Waals surface area contributed by atoms with Crippen LogP contribution >= 0.6 is 11.8 Å². The maximum atomic E-state index is 12.8. The molecular weight excluding hydrogens is 300 g/mol. The molecular formula is C16H20N2O3S. The largest absolute Gasteiger partial charge is 0.345 e. The SMILES string of the molecule is CN1CCCCC2(CCc3cc(C(=O)NO)ccc3S2)C1=O. The van der Waals surface area contributed by atoms with E-state index >= 15 is 0 Å². The van der Waals surface area contributed by atoms with Gasteiger partial charge in [-0.1, -0.05) is 0 Å². The lowest BCUT2D eigenvalue weighted by atomic mass is 9.92. The molecule has 2 aliphatic heterocycles. The van der Waals surface area contributed by atoms with Crippen LogP contribution in [0.2, 0.25) is 0 Å². The summed E-state index contributed by atoms with van der Waals surface area (Å²) in [6.07, 6.45) is 4.64. The molecule has 2 aliphatic rings. The number of amides is 2. The van der Waals surface area contributed by atoms with Crippen LogP contribution in [0.4, 0.5) is 0 Å². The third kappa shape index (κ3) is 2.61. The normalized spacial score (nSPS) is 24.8. The minimum Gasteiger partial charge on any atom is -0.345 e. The van der Waals surface area contributed by atoms with Gasteiger partial charge in [-0.2, -0.15) is 0 Å². The number of rotatable bonds is 1. The van der Waals surface area contributed by atoms with E-state index in [1.54, 1.807) is 23.3 Å². The first kappa shape index (κ1) is 15.4. The van der Waals surface area contributed by atoms with E-state index in [-0.39, 0.29) is 10.7 Å². The topological polar surface area (TPSA) is 69.6 Å². The van der Waals surface area contributed by atoms with Crippen molar-refractivity contribution in [1.82, 2.24) is 10.4 Å². The second-order valence-corrected chi connectivity index (χ2v) is 7.47. The molecule has 2 heterocycles. The van der Waals surface area contributed by atoms with Crippen LogP contribution in [-0.2, 0) is 11.2 Å². The lowest BCUT2D eigenvalue weighted by molar-refractivity contribution is -0.132. The van der Waals surface area contributed by atoms with Crippen LogP contribution in [0, 0.1) is 0 Å². The predicted molar refractivity (Wildman–Crippen MR) is 84.1 cm³/mol. The smallest absolute Gasteiger partial charge is 0.274 e. The van der Waals surface area contributed by atoms with Gasteiger partial charge in [0.05, 0.1) is 4.75 Å². The van der Waals surface area contributed by atoms with Crippen molar-refractivity contribution < 1.29 is 14.8 Å². The number of carbonyl (C=O) groups excluding carboxylic acids is 2. The van der Waals surface area contributed by atoms with Crippen LogP contribution in [0.25, 0.3) is 0 Å². The number of thioether (sulfide) groups is 1. The molecule has 1 spiro atoms. The van der Waals surface area contributed by atoms with E-state index in [1.807, 2.05) is 24.1 Å². The third-order valence-electron chi connectivity index (χ3n) is 4.59. The van der Waals surface area contributed by atoms with E-state index in [0.29, 0.717) is 5.56 Å². The molecule has 1 unspecified atom stereocenters. The lowest BCUT2D eigenvalue weighted by Gasteiger charge is -2.37. The zero-order valence-corrected chi connectivity index (χ0v) is 13.4. The van der Waals surface area contributed by atoms with Crippen LogP contribution in [-0.4, -0.2) is 40.3 Å². The van der Waals surface area contributed by atoms with Crippen molar-refractivity contribution in [2.24, 2.45) is 0 Å². The lowest BCUT2D eigenvalue weighted by Crippen LogP contribution is -2.45. The van der Waals surface area contributed by atoms with Gasteiger partial charge in [0.1, 0.15) is 0 Å². The molecule has 2 N–H and O–H groups in total. The third-order valence-corrected chi connectivity index (χ3v) is 6.18. The summed E-state index contributed by atoms with van der Waals surface area (Å²) in [6.45, 7) is 0.837. The number of likely N-dealkylation sites (tertiary alicyclic amines) is 1. The standard InChI is InChI=1S/C16H20N2O3S/c1-18-9-3-2-7-16(15(18)20)8-6-11-10-12(14(19)17-21)4-5-13(11)22-16/h4-5,10,21H,2-3,6-9H2,1H3,(H,17,19). The Morgan fingerprint density at radius 3 is 2.95 bits per heavy atom. The quantitative estimate of drug-likeness (QED) is 0.615. The zero-order chi connectivity index (χ0) is 15.7. The molecule has 22 heavy (non-hydrogen) atoms. The number of nitrogens with zero attached hydrogens (tertiary/aromatic N) is 1. The van der Waals surface area contributed by atoms with Gasteiger partial charge in [-0.05, 0) is 55.9 Å². The molecule has 0 bridgehead atoms. The number of nitrogens with one attached hydrogen (secondary N) is 1. The first-order chi connectivity index (χ1) is 10.6. The summed E-state index contributed by atoms with van der Waals surface area (Å²) >= 11 is 1.65. The average molecular weight is 320 g/mol. The summed E-state index contributed by atoms with van der Waals surface area (Å²) in [5.41, 5.74) is 3.19. The van der Waals surface area contributed by atoms with Crippen LogP contribution < -0.4 is 5.48 Å². The summed E-state index contributed by atoms with van der Waals surface area (Å²) in [6, 6.07) is 5.40. The fourth-order valence-corrected chi connectivity index (χ4v) is 4.86. The first-order valence-electron chi connectivity index (χ1n) is 7.58. The van der Waals surface area contributed by atoms with Crippen molar-refractivity contribution in [2.75, 3.05) is 13.6 Å². The summed E-state index contributed by atoms with van der Waals surface area (Å²) < 4.78 is -0.348. The molecule has 1 aromatic carbocycles. The Morgan fingerprint density at radius 1 is 1.36 bits per heavy atom. The Labute approximate surface area is 134 Å². The number of carbonyl (C=O) groups is 2. The molecule has 1 fully saturated rings. The highest BCUT2D eigenvalue weighted by Crippen LogP contribution is 2.48. The van der Waals surface area contributed by atoms with Crippen molar-refractivity contribution >= 4 is 23.6 Å². The molecule has 0 radical (unpaired) electrons. The molecule has 118 valence electrons. The van der Waals surface area contributed by atoms with Gasteiger partial charge in [0.25, 0.3) is 5.91 Å². The molecule has 1 saturated heterocycles. The summed E-state index contributed by atoms with van der Waals surface area (Å²) in [5.74, 6) is -0.267. The Bertz CT molecular complexity index is 619. The number of hydrogen-bond donors (Lipinski definition) is 2. The van der Waals surface area contributed by atoms with Crippen molar-refractivity contribution in [3.05, 3.63) is 29.3 Å². The van der Waals surface area contributed by atoms with Gasteiger partial charge < -0.3 is 4.90 Å². The van der Waals surface area contributed by atoms with Gasteiger partial charge in [0.15, 0.2) is 0 Å². The number of hydrogen-bond acceptors (Lipinski definition) is 4. The fraction of sp³-hybridized carbons (Fsp3) is 0.500. The maximum absolute atomic E-state index is 12.8. The molecule has 0 aromatic heterocycles. The van der Waals surface area contributed by atoms with Gasteiger partial charge in [-0.25, -0.2) is 5.48 Å². The van der Waals surface area contributed by atoms with E-state index in [0.717, 1.165) is 49.1 Å². The van der Waals surface area contributed by atoms with Gasteiger partial charge >= 0.3 is 0 Å². The van der Waals surface area contributed by atoms with E-state index < -0.39 is 5.91 Å². The molecule has 0 aliphatic carbocycles. The Hall–Kier alpha value is -1.53.